The molecule has 5 unspecified atom stereocenters. The van der Waals surface area contributed by atoms with Crippen molar-refractivity contribution in [3.63, 3.8) is 0 Å². The van der Waals surface area contributed by atoms with Gasteiger partial charge in [0.15, 0.2) is 0 Å². The van der Waals surface area contributed by atoms with Crippen LogP contribution in [-0.2, 0) is 0 Å². The van der Waals surface area contributed by atoms with Gasteiger partial charge in [0.25, 0.3) is 0 Å². The van der Waals surface area contributed by atoms with Gasteiger partial charge in [-0.05, 0) is 140 Å². The lowest BCUT2D eigenvalue weighted by atomic mass is 9.56. The number of rotatable bonds is 4. The summed E-state index contributed by atoms with van der Waals surface area (Å²) >= 11 is 0. The van der Waals surface area contributed by atoms with Gasteiger partial charge in [-0.25, -0.2) is 0 Å². The Morgan fingerprint density at radius 2 is 1.29 bits per heavy atom. The Balaban J connectivity index is 1.23. The number of fused-ring (bicyclic) bond motifs is 2. The maximum absolute atomic E-state index is 9.69. The van der Waals surface area contributed by atoms with E-state index in [1.54, 1.807) is 0 Å². The monoisotopic (exact) mass is 668 g/mol. The van der Waals surface area contributed by atoms with Crippen LogP contribution in [0.1, 0.15) is 44.9 Å². The summed E-state index contributed by atoms with van der Waals surface area (Å²) in [6, 6.07) is 22.7. The topological polar surface area (TPSA) is 47.6 Å². The van der Waals surface area contributed by atoms with Crippen molar-refractivity contribution in [2.45, 2.75) is 44.9 Å². The Morgan fingerprint density at radius 1 is 0.596 bits per heavy atom. The molecule has 8 aliphatic carbocycles. The molecule has 0 amide bonds. The Hall–Kier alpha value is -5.70. The van der Waals surface area contributed by atoms with Crippen LogP contribution in [0.3, 0.4) is 0 Å². The number of hydrogen-bond donors (Lipinski definition) is 0. The summed E-state index contributed by atoms with van der Waals surface area (Å²) in [5, 5.41) is 24.8. The molecule has 2 nitrogen and oxygen atoms in total. The second-order valence-corrected chi connectivity index (χ2v) is 15.4. The van der Waals surface area contributed by atoms with Crippen LogP contribution in [0.5, 0.6) is 0 Å². The molecule has 0 heterocycles. The van der Waals surface area contributed by atoms with Gasteiger partial charge >= 0.3 is 0 Å². The first-order valence-electron chi connectivity index (χ1n) is 19.1. The lowest BCUT2D eigenvalue weighted by Crippen LogP contribution is -2.38. The fourth-order valence-electron chi connectivity index (χ4n) is 10.5. The number of nitrogens with zero attached hydrogens (tertiary/aromatic N) is 2. The molecular weight excluding hydrogens is 629 g/mol. The van der Waals surface area contributed by atoms with Gasteiger partial charge in [-0.3, -0.25) is 0 Å². The normalized spacial score (nSPS) is 28.0. The van der Waals surface area contributed by atoms with Gasteiger partial charge in [0.1, 0.15) is 0 Å². The van der Waals surface area contributed by atoms with Crippen molar-refractivity contribution in [3.05, 3.63) is 186 Å². The van der Waals surface area contributed by atoms with Crippen molar-refractivity contribution >= 4 is 23.3 Å². The molecule has 2 aromatic carbocycles. The molecule has 0 spiro atoms. The van der Waals surface area contributed by atoms with Gasteiger partial charge in [-0.1, -0.05) is 115 Å². The zero-order valence-electron chi connectivity index (χ0n) is 29.4. The minimum Gasteiger partial charge on any atom is -0.192 e. The summed E-state index contributed by atoms with van der Waals surface area (Å²) in [4.78, 5) is 0. The van der Waals surface area contributed by atoms with Crippen LogP contribution >= 0.6 is 0 Å². The molecule has 0 fully saturated rings. The Labute approximate surface area is 305 Å². The molecule has 0 saturated carbocycles. The van der Waals surface area contributed by atoms with Crippen molar-refractivity contribution in [3.8, 4) is 12.1 Å². The first-order valence-corrected chi connectivity index (χ1v) is 19.1. The fraction of sp³-hybridized carbons (Fsp3) is 0.240. The van der Waals surface area contributed by atoms with Crippen LogP contribution in [0.15, 0.2) is 166 Å². The fourth-order valence-corrected chi connectivity index (χ4v) is 10.5. The molecule has 5 atom stereocenters. The minimum atomic E-state index is 0.226. The third-order valence-corrected chi connectivity index (χ3v) is 12.9. The summed E-state index contributed by atoms with van der Waals surface area (Å²) in [6.45, 7) is 0. The molecule has 250 valence electrons. The van der Waals surface area contributed by atoms with E-state index in [-0.39, 0.29) is 17.8 Å². The largest absolute Gasteiger partial charge is 0.192 e. The van der Waals surface area contributed by atoms with Crippen molar-refractivity contribution in [2.24, 2.45) is 29.6 Å². The first kappa shape index (κ1) is 31.1. The summed E-state index contributed by atoms with van der Waals surface area (Å²) in [7, 11) is 0. The van der Waals surface area contributed by atoms with Crippen molar-refractivity contribution < 1.29 is 0 Å². The Morgan fingerprint density at radius 3 is 1.98 bits per heavy atom. The quantitative estimate of drug-likeness (QED) is 0.331. The molecule has 0 aliphatic heterocycles. The molecule has 10 rings (SSSR count). The molecule has 52 heavy (non-hydrogen) atoms. The van der Waals surface area contributed by atoms with E-state index in [9.17, 15) is 10.5 Å². The first-order chi connectivity index (χ1) is 25.7. The molecule has 0 saturated heterocycles. The van der Waals surface area contributed by atoms with E-state index in [1.165, 1.54) is 71.0 Å². The molecule has 8 aliphatic rings. The van der Waals surface area contributed by atoms with Gasteiger partial charge in [0.05, 0.1) is 12.1 Å². The number of nitriles is 2. The average molecular weight is 669 g/mol. The van der Waals surface area contributed by atoms with Gasteiger partial charge in [0.2, 0.25) is 0 Å². The maximum Gasteiger partial charge on any atom is 0.0988 e. The third kappa shape index (κ3) is 4.89. The van der Waals surface area contributed by atoms with Crippen LogP contribution in [-0.4, -0.2) is 0 Å². The third-order valence-electron chi connectivity index (χ3n) is 12.9. The van der Waals surface area contributed by atoms with E-state index in [2.05, 4.69) is 134 Å². The zero-order chi connectivity index (χ0) is 34.8. The summed E-state index contributed by atoms with van der Waals surface area (Å²) in [5.41, 5.74) is 14.9. The van der Waals surface area contributed by atoms with Crippen LogP contribution in [0, 0.1) is 52.3 Å². The highest BCUT2D eigenvalue weighted by molar-refractivity contribution is 5.80. The molecule has 0 aromatic heterocycles. The van der Waals surface area contributed by atoms with Crippen LogP contribution in [0.2, 0.25) is 0 Å². The van der Waals surface area contributed by atoms with E-state index in [0.717, 1.165) is 56.1 Å². The highest BCUT2D eigenvalue weighted by Crippen LogP contribution is 2.58. The van der Waals surface area contributed by atoms with E-state index in [1.807, 2.05) is 6.08 Å². The second kappa shape index (κ2) is 12.5. The Kier molecular flexibility index (Phi) is 7.47. The smallest absolute Gasteiger partial charge is 0.0988 e. The lowest BCUT2D eigenvalue weighted by molar-refractivity contribution is 0.431. The Bertz CT molecular complexity index is 2640. The van der Waals surface area contributed by atoms with E-state index < -0.39 is 0 Å². The predicted molar refractivity (Wildman–Crippen MR) is 210 cm³/mol. The van der Waals surface area contributed by atoms with Crippen LogP contribution in [0.25, 0.3) is 23.3 Å². The van der Waals surface area contributed by atoms with Crippen molar-refractivity contribution in [1.82, 2.24) is 0 Å². The van der Waals surface area contributed by atoms with Crippen LogP contribution in [0.4, 0.5) is 0 Å². The molecule has 0 radical (unpaired) electrons. The van der Waals surface area contributed by atoms with Gasteiger partial charge in [-0.15, -0.1) is 0 Å². The van der Waals surface area contributed by atoms with Gasteiger partial charge in [-0.2, -0.15) is 10.5 Å². The molecule has 0 N–H and O–H groups in total. The SMILES string of the molecule is N#CC1=CCC(C2=C3C=CC4=C(C5=c6ccccc6=CCC5)CC(C5C=CC(C#N)=CC5)C5=C4C3C(C=C5)C(C3=c4ccccc4=CCC3)=C2)C=C1. The zero-order valence-corrected chi connectivity index (χ0v) is 29.4. The number of allylic oxidation sites excluding steroid dienone is 20. The standard InChI is InChI=1S/C50H40N2/c51-29-31-15-19-35(20-16-31)45-27-47(39-13-5-9-33-7-1-3-11-37(33)39)43-25-23-42-46(36-21-17-32(30-52)18-22-36)28-48(44-26-24-41(45)49(43)50(42)44)40-14-6-10-34-8-2-4-12-38(34)40/h1-4,7-12,15-19,21,23-27,35-36,43,46,49H,5-6,13-14,20,22,28H2. The lowest BCUT2D eigenvalue weighted by Gasteiger charge is -2.47. The number of benzene rings is 2. The molecule has 0 bridgehead atoms. The minimum absolute atomic E-state index is 0.226. The van der Waals surface area contributed by atoms with Crippen molar-refractivity contribution in [1.29, 1.82) is 10.5 Å². The maximum atomic E-state index is 9.69. The molecule has 2 heteroatoms. The van der Waals surface area contributed by atoms with Gasteiger partial charge < -0.3 is 0 Å². The summed E-state index contributed by atoms with van der Waals surface area (Å²) in [5.74, 6) is 1.38. The molecular formula is C50H40N2. The van der Waals surface area contributed by atoms with E-state index in [4.69, 9.17) is 0 Å². The average Bonchev–Trinajstić information content (AvgIpc) is 3.22. The molecule has 2 aromatic rings. The second-order valence-electron chi connectivity index (χ2n) is 15.4. The van der Waals surface area contributed by atoms with Crippen LogP contribution < -0.4 is 20.9 Å². The van der Waals surface area contributed by atoms with E-state index >= 15 is 0 Å². The van der Waals surface area contributed by atoms with Crippen molar-refractivity contribution in [2.75, 3.05) is 0 Å². The number of hydrogen-bond acceptors (Lipinski definition) is 2. The van der Waals surface area contributed by atoms with Gasteiger partial charge in [0, 0.05) is 28.9 Å². The summed E-state index contributed by atoms with van der Waals surface area (Å²) in [6.07, 6.45) is 37.4. The summed E-state index contributed by atoms with van der Waals surface area (Å²) < 4.78 is 0. The predicted octanol–water partition coefficient (Wildman–Crippen LogP) is 8.11. The highest BCUT2D eigenvalue weighted by Gasteiger charge is 2.45. The van der Waals surface area contributed by atoms with E-state index in [0.29, 0.717) is 11.8 Å². The highest BCUT2D eigenvalue weighted by atomic mass is 14.5.